The minimum absolute atomic E-state index is 0.454. The Kier molecular flexibility index (Phi) is 5.89. The van der Waals surface area contributed by atoms with Crippen LogP contribution >= 0.6 is 0 Å². The van der Waals surface area contributed by atoms with E-state index in [0.29, 0.717) is 11.8 Å². The standard InChI is InChI=1S/C21H28N2O/c1-24-20-9-7-18(8-10-20)21(15-22)19-11-13-23(14-12-19)16-17-5-3-2-4-6-17/h2-10,19,21H,11-16,22H2,1H3. The first-order valence-corrected chi connectivity index (χ1v) is 8.90. The van der Waals surface area contributed by atoms with Crippen LogP contribution in [0, 0.1) is 5.92 Å². The van der Waals surface area contributed by atoms with Gasteiger partial charge in [0, 0.05) is 6.54 Å². The zero-order valence-electron chi connectivity index (χ0n) is 14.5. The third-order valence-electron chi connectivity index (χ3n) is 5.25. The molecule has 1 unspecified atom stereocenters. The van der Waals surface area contributed by atoms with Crippen LogP contribution in [-0.4, -0.2) is 31.6 Å². The summed E-state index contributed by atoms with van der Waals surface area (Å²) < 4.78 is 5.26. The predicted octanol–water partition coefficient (Wildman–Crippen LogP) is 3.65. The lowest BCUT2D eigenvalue weighted by atomic mass is 9.80. The van der Waals surface area contributed by atoms with E-state index in [2.05, 4.69) is 47.4 Å². The first-order valence-electron chi connectivity index (χ1n) is 8.90. The molecule has 3 nitrogen and oxygen atoms in total. The number of ether oxygens (including phenoxy) is 1. The monoisotopic (exact) mass is 324 g/mol. The van der Waals surface area contributed by atoms with Gasteiger partial charge in [-0.05, 0) is 67.6 Å². The summed E-state index contributed by atoms with van der Waals surface area (Å²) in [6, 6.07) is 19.2. The molecular formula is C21H28N2O. The number of likely N-dealkylation sites (tertiary alicyclic amines) is 1. The molecule has 1 aliphatic heterocycles. The van der Waals surface area contributed by atoms with E-state index in [1.165, 1.54) is 24.0 Å². The molecule has 3 rings (SSSR count). The van der Waals surface area contributed by atoms with E-state index in [-0.39, 0.29) is 0 Å². The summed E-state index contributed by atoms with van der Waals surface area (Å²) in [7, 11) is 1.71. The van der Waals surface area contributed by atoms with Crippen LogP contribution in [0.25, 0.3) is 0 Å². The second-order valence-electron chi connectivity index (χ2n) is 6.71. The molecule has 1 fully saturated rings. The van der Waals surface area contributed by atoms with Gasteiger partial charge in [-0.3, -0.25) is 4.90 Å². The maximum atomic E-state index is 6.12. The first-order chi connectivity index (χ1) is 11.8. The second-order valence-corrected chi connectivity index (χ2v) is 6.71. The quantitative estimate of drug-likeness (QED) is 0.881. The largest absolute Gasteiger partial charge is 0.497 e. The van der Waals surface area contributed by atoms with Crippen LogP contribution in [0.1, 0.15) is 29.9 Å². The van der Waals surface area contributed by atoms with Crippen molar-refractivity contribution in [1.29, 1.82) is 0 Å². The summed E-state index contributed by atoms with van der Waals surface area (Å²) in [4.78, 5) is 2.56. The Morgan fingerprint density at radius 2 is 1.71 bits per heavy atom. The summed E-state index contributed by atoms with van der Waals surface area (Å²) in [5.74, 6) is 2.04. The van der Waals surface area contributed by atoms with Gasteiger partial charge in [0.2, 0.25) is 0 Å². The van der Waals surface area contributed by atoms with Crippen LogP contribution in [0.15, 0.2) is 54.6 Å². The van der Waals surface area contributed by atoms with Crippen molar-refractivity contribution >= 4 is 0 Å². The molecular weight excluding hydrogens is 296 g/mol. The maximum Gasteiger partial charge on any atom is 0.118 e. The highest BCUT2D eigenvalue weighted by Gasteiger charge is 2.26. The summed E-state index contributed by atoms with van der Waals surface area (Å²) in [5, 5.41) is 0. The third kappa shape index (κ3) is 4.16. The lowest BCUT2D eigenvalue weighted by Crippen LogP contribution is -2.36. The highest BCUT2D eigenvalue weighted by atomic mass is 16.5. The number of benzene rings is 2. The third-order valence-corrected chi connectivity index (χ3v) is 5.25. The van der Waals surface area contributed by atoms with Crippen molar-refractivity contribution in [2.24, 2.45) is 11.7 Å². The molecule has 2 aromatic rings. The highest BCUT2D eigenvalue weighted by molar-refractivity contribution is 5.30. The summed E-state index contributed by atoms with van der Waals surface area (Å²) in [5.41, 5.74) is 8.87. The van der Waals surface area contributed by atoms with Crippen LogP contribution in [0.2, 0.25) is 0 Å². The Balaban J connectivity index is 1.57. The summed E-state index contributed by atoms with van der Waals surface area (Å²) in [6.45, 7) is 4.09. The Morgan fingerprint density at radius 1 is 1.04 bits per heavy atom. The van der Waals surface area contributed by atoms with Gasteiger partial charge in [0.25, 0.3) is 0 Å². The van der Waals surface area contributed by atoms with E-state index < -0.39 is 0 Å². The topological polar surface area (TPSA) is 38.5 Å². The van der Waals surface area contributed by atoms with Gasteiger partial charge in [-0.25, -0.2) is 0 Å². The van der Waals surface area contributed by atoms with E-state index in [0.717, 1.165) is 31.9 Å². The molecule has 2 N–H and O–H groups in total. The molecule has 0 spiro atoms. The second kappa shape index (κ2) is 8.32. The molecule has 0 amide bonds. The Bertz CT molecular complexity index is 603. The van der Waals surface area contributed by atoms with Gasteiger partial charge in [-0.15, -0.1) is 0 Å². The number of nitrogens with two attached hydrogens (primary N) is 1. The van der Waals surface area contributed by atoms with Gasteiger partial charge >= 0.3 is 0 Å². The van der Waals surface area contributed by atoms with Crippen molar-refractivity contribution in [2.45, 2.75) is 25.3 Å². The van der Waals surface area contributed by atoms with Crippen molar-refractivity contribution < 1.29 is 4.74 Å². The number of methoxy groups -OCH3 is 1. The minimum Gasteiger partial charge on any atom is -0.497 e. The molecule has 24 heavy (non-hydrogen) atoms. The molecule has 1 heterocycles. The van der Waals surface area contributed by atoms with Gasteiger partial charge in [0.05, 0.1) is 7.11 Å². The maximum absolute atomic E-state index is 6.12. The van der Waals surface area contributed by atoms with Crippen molar-refractivity contribution in [3.8, 4) is 5.75 Å². The Morgan fingerprint density at radius 3 is 2.29 bits per heavy atom. The van der Waals surface area contributed by atoms with E-state index in [1.54, 1.807) is 7.11 Å². The first kappa shape index (κ1) is 17.0. The molecule has 1 aliphatic rings. The predicted molar refractivity (Wildman–Crippen MR) is 99.2 cm³/mol. The molecule has 2 aromatic carbocycles. The molecule has 0 aromatic heterocycles. The lowest BCUT2D eigenvalue weighted by molar-refractivity contribution is 0.162. The van der Waals surface area contributed by atoms with Gasteiger partial charge in [0.1, 0.15) is 5.75 Å². The van der Waals surface area contributed by atoms with Crippen LogP contribution in [0.4, 0.5) is 0 Å². The van der Waals surface area contributed by atoms with Crippen molar-refractivity contribution in [2.75, 3.05) is 26.7 Å². The molecule has 0 bridgehead atoms. The molecule has 1 saturated heterocycles. The Labute approximate surface area is 145 Å². The van der Waals surface area contributed by atoms with Crippen LogP contribution in [0.3, 0.4) is 0 Å². The fourth-order valence-electron chi connectivity index (χ4n) is 3.81. The number of piperidine rings is 1. The van der Waals surface area contributed by atoms with Crippen LogP contribution in [0.5, 0.6) is 5.75 Å². The van der Waals surface area contributed by atoms with Gasteiger partial charge in [-0.2, -0.15) is 0 Å². The van der Waals surface area contributed by atoms with E-state index in [9.17, 15) is 0 Å². The van der Waals surface area contributed by atoms with E-state index in [4.69, 9.17) is 10.5 Å². The number of hydrogen-bond donors (Lipinski definition) is 1. The van der Waals surface area contributed by atoms with E-state index >= 15 is 0 Å². The molecule has 3 heteroatoms. The average Bonchev–Trinajstić information content (AvgIpc) is 2.65. The molecule has 1 atom stereocenters. The summed E-state index contributed by atoms with van der Waals surface area (Å²) in [6.07, 6.45) is 2.45. The van der Waals surface area contributed by atoms with Gasteiger partial charge in [-0.1, -0.05) is 42.5 Å². The number of rotatable bonds is 6. The van der Waals surface area contributed by atoms with Crippen molar-refractivity contribution in [1.82, 2.24) is 4.90 Å². The zero-order valence-corrected chi connectivity index (χ0v) is 14.5. The minimum atomic E-state index is 0.454. The van der Waals surface area contributed by atoms with Gasteiger partial charge < -0.3 is 10.5 Å². The van der Waals surface area contributed by atoms with Crippen LogP contribution < -0.4 is 10.5 Å². The van der Waals surface area contributed by atoms with Gasteiger partial charge in [0.15, 0.2) is 0 Å². The SMILES string of the molecule is COc1ccc(C(CN)C2CCN(Cc3ccccc3)CC2)cc1. The molecule has 0 saturated carbocycles. The van der Waals surface area contributed by atoms with E-state index in [1.807, 2.05) is 12.1 Å². The zero-order chi connectivity index (χ0) is 16.8. The van der Waals surface area contributed by atoms with Crippen molar-refractivity contribution in [3.63, 3.8) is 0 Å². The lowest BCUT2D eigenvalue weighted by Gasteiger charge is -2.36. The fourth-order valence-corrected chi connectivity index (χ4v) is 3.81. The Hall–Kier alpha value is -1.84. The number of hydrogen-bond acceptors (Lipinski definition) is 3. The van der Waals surface area contributed by atoms with Crippen molar-refractivity contribution in [3.05, 3.63) is 65.7 Å². The smallest absolute Gasteiger partial charge is 0.118 e. The highest BCUT2D eigenvalue weighted by Crippen LogP contribution is 2.33. The van der Waals surface area contributed by atoms with Crippen LogP contribution in [-0.2, 0) is 6.54 Å². The molecule has 0 aliphatic carbocycles. The summed E-state index contributed by atoms with van der Waals surface area (Å²) >= 11 is 0. The fraction of sp³-hybridized carbons (Fsp3) is 0.429. The number of nitrogens with zero attached hydrogens (tertiary/aromatic N) is 1. The molecule has 128 valence electrons. The molecule has 0 radical (unpaired) electrons. The average molecular weight is 324 g/mol. The normalized spacial score (nSPS) is 17.6.